The lowest BCUT2D eigenvalue weighted by Crippen LogP contribution is -2.50. The Bertz CT molecular complexity index is 482. The first-order chi connectivity index (χ1) is 12.3. The lowest BCUT2D eigenvalue weighted by molar-refractivity contribution is -0.0979. The van der Waals surface area contributed by atoms with E-state index in [0.29, 0.717) is 0 Å². The normalized spacial score (nSPS) is 19.6. The summed E-state index contributed by atoms with van der Waals surface area (Å²) in [6, 6.07) is 5.06. The number of hydrogen-bond donors (Lipinski definition) is 1. The van der Waals surface area contributed by atoms with Crippen molar-refractivity contribution in [2.75, 3.05) is 45.8 Å². The van der Waals surface area contributed by atoms with Crippen LogP contribution in [0.5, 0.6) is 0 Å². The third-order valence-electron chi connectivity index (χ3n) is 5.51. The van der Waals surface area contributed by atoms with E-state index in [1.165, 1.54) is 69.7 Å². The number of pyridine rings is 1. The van der Waals surface area contributed by atoms with Crippen LogP contribution in [0.4, 0.5) is 0 Å². The minimum Gasteiger partial charge on any atom is -0.315 e. The summed E-state index contributed by atoms with van der Waals surface area (Å²) in [5, 5.41) is 3.58. The molecule has 0 amide bonds. The average Bonchev–Trinajstić information content (AvgIpc) is 3.20. The molecule has 1 aromatic rings. The first-order valence-electron chi connectivity index (χ1n) is 9.69. The maximum Gasteiger partial charge on any atom is 0.106 e. The molecule has 5 heteroatoms. The number of carbonyl (C=O) groups is 1. The first kappa shape index (κ1) is 20.0. The minimum atomic E-state index is 0.900. The van der Waals surface area contributed by atoms with Crippen molar-refractivity contribution in [3.8, 4) is 0 Å². The molecule has 140 valence electrons. The maximum atomic E-state index is 8.00. The molecule has 0 bridgehead atoms. The van der Waals surface area contributed by atoms with Gasteiger partial charge in [0, 0.05) is 70.2 Å². The molecule has 25 heavy (non-hydrogen) atoms. The lowest BCUT2D eigenvalue weighted by atomic mass is 10.1. The Labute approximate surface area is 152 Å². The summed E-state index contributed by atoms with van der Waals surface area (Å²) in [4.78, 5) is 17.8. The van der Waals surface area contributed by atoms with Gasteiger partial charge in [-0.15, -0.1) is 0 Å². The number of nitrogens with one attached hydrogen (secondary N) is 1. The van der Waals surface area contributed by atoms with Gasteiger partial charge in [0.25, 0.3) is 0 Å². The standard InChI is InChI=1S/C19H32N4.CH2O/c1-17-5-4-9-21-19(17)8-10-20-11-12-22-13-15-23(16-14-22)18-6-2-3-7-18;1-2/h4-5,9,18,20H,2-3,6-8,10-16H2,1H3;1H2. The Morgan fingerprint density at radius 3 is 2.56 bits per heavy atom. The van der Waals surface area contributed by atoms with Crippen LogP contribution in [0.2, 0.25) is 0 Å². The molecule has 1 N–H and O–H groups in total. The van der Waals surface area contributed by atoms with Crippen molar-refractivity contribution >= 4 is 6.79 Å². The molecule has 1 aromatic heterocycles. The van der Waals surface area contributed by atoms with Gasteiger partial charge in [-0.3, -0.25) is 14.8 Å². The smallest absolute Gasteiger partial charge is 0.106 e. The molecule has 1 aliphatic heterocycles. The summed E-state index contributed by atoms with van der Waals surface area (Å²) < 4.78 is 0. The molecule has 3 rings (SSSR count). The number of aromatic nitrogens is 1. The van der Waals surface area contributed by atoms with Crippen molar-refractivity contribution in [3.05, 3.63) is 29.6 Å². The van der Waals surface area contributed by atoms with Crippen molar-refractivity contribution in [3.63, 3.8) is 0 Å². The average molecular weight is 347 g/mol. The SMILES string of the molecule is C=O.Cc1cccnc1CCNCCN1CCN(C2CCCC2)CC1. The van der Waals surface area contributed by atoms with Crippen molar-refractivity contribution in [2.45, 2.75) is 45.1 Å². The molecule has 1 saturated heterocycles. The number of aryl methyl sites for hydroxylation is 1. The van der Waals surface area contributed by atoms with Crippen molar-refractivity contribution in [2.24, 2.45) is 0 Å². The second-order valence-electron chi connectivity index (χ2n) is 7.08. The fourth-order valence-electron chi connectivity index (χ4n) is 3.97. The van der Waals surface area contributed by atoms with E-state index in [9.17, 15) is 0 Å². The summed E-state index contributed by atoms with van der Waals surface area (Å²) in [5.41, 5.74) is 2.53. The highest BCUT2D eigenvalue weighted by atomic mass is 16.1. The Morgan fingerprint density at radius 1 is 1.16 bits per heavy atom. The van der Waals surface area contributed by atoms with Crippen LogP contribution in [0.3, 0.4) is 0 Å². The van der Waals surface area contributed by atoms with Crippen LogP contribution >= 0.6 is 0 Å². The van der Waals surface area contributed by atoms with Crippen molar-refractivity contribution in [1.29, 1.82) is 0 Å². The number of piperazine rings is 1. The minimum absolute atomic E-state index is 0.900. The lowest BCUT2D eigenvalue weighted by Gasteiger charge is -2.38. The Morgan fingerprint density at radius 2 is 1.88 bits per heavy atom. The van der Waals surface area contributed by atoms with Crippen LogP contribution in [-0.2, 0) is 11.2 Å². The molecule has 2 heterocycles. The summed E-state index contributed by atoms with van der Waals surface area (Å²) >= 11 is 0. The van der Waals surface area contributed by atoms with Crippen molar-refractivity contribution in [1.82, 2.24) is 20.1 Å². The van der Waals surface area contributed by atoms with E-state index in [1.807, 2.05) is 19.1 Å². The second-order valence-corrected chi connectivity index (χ2v) is 7.08. The van der Waals surface area contributed by atoms with Crippen LogP contribution in [0.15, 0.2) is 18.3 Å². The van der Waals surface area contributed by atoms with Crippen LogP contribution < -0.4 is 5.32 Å². The number of carbonyl (C=O) groups excluding carboxylic acids is 1. The fourth-order valence-corrected chi connectivity index (χ4v) is 3.97. The molecule has 0 atom stereocenters. The summed E-state index contributed by atoms with van der Waals surface area (Å²) in [6.07, 6.45) is 8.70. The van der Waals surface area contributed by atoms with E-state index in [1.54, 1.807) is 0 Å². The van der Waals surface area contributed by atoms with Crippen molar-refractivity contribution < 1.29 is 4.79 Å². The van der Waals surface area contributed by atoms with E-state index >= 15 is 0 Å². The molecule has 2 aliphatic rings. The highest BCUT2D eigenvalue weighted by Gasteiger charge is 2.25. The molecule has 0 spiro atoms. The fraction of sp³-hybridized carbons (Fsp3) is 0.700. The maximum absolute atomic E-state index is 8.00. The van der Waals surface area contributed by atoms with E-state index in [-0.39, 0.29) is 0 Å². The van der Waals surface area contributed by atoms with E-state index in [4.69, 9.17) is 4.79 Å². The highest BCUT2D eigenvalue weighted by molar-refractivity contribution is 5.17. The predicted molar refractivity (Wildman–Crippen MR) is 103 cm³/mol. The van der Waals surface area contributed by atoms with Crippen LogP contribution in [0.1, 0.15) is 36.9 Å². The molecule has 0 unspecified atom stereocenters. The molecule has 1 saturated carbocycles. The summed E-state index contributed by atoms with van der Waals surface area (Å²) in [6.45, 7) is 12.5. The van der Waals surface area contributed by atoms with Crippen LogP contribution in [0, 0.1) is 6.92 Å². The van der Waals surface area contributed by atoms with Gasteiger partial charge < -0.3 is 10.1 Å². The van der Waals surface area contributed by atoms with E-state index < -0.39 is 0 Å². The van der Waals surface area contributed by atoms with Gasteiger partial charge in [0.2, 0.25) is 0 Å². The van der Waals surface area contributed by atoms with Gasteiger partial charge in [0.15, 0.2) is 0 Å². The van der Waals surface area contributed by atoms with Crippen LogP contribution in [-0.4, -0.2) is 73.4 Å². The Kier molecular flexibility index (Phi) is 9.08. The number of nitrogens with zero attached hydrogens (tertiary/aromatic N) is 3. The Balaban J connectivity index is 0.00000109. The van der Waals surface area contributed by atoms with E-state index in [2.05, 4.69) is 33.1 Å². The number of rotatable bonds is 7. The molecule has 5 nitrogen and oxygen atoms in total. The Hall–Kier alpha value is -1.30. The van der Waals surface area contributed by atoms with Crippen LogP contribution in [0.25, 0.3) is 0 Å². The van der Waals surface area contributed by atoms with Gasteiger partial charge in [0.05, 0.1) is 0 Å². The third-order valence-corrected chi connectivity index (χ3v) is 5.51. The summed E-state index contributed by atoms with van der Waals surface area (Å²) in [7, 11) is 0. The molecule has 0 radical (unpaired) electrons. The zero-order chi connectivity index (χ0) is 17.9. The van der Waals surface area contributed by atoms with Gasteiger partial charge in [-0.25, -0.2) is 0 Å². The predicted octanol–water partition coefficient (Wildman–Crippen LogP) is 1.90. The third kappa shape index (κ3) is 6.49. The van der Waals surface area contributed by atoms with E-state index in [0.717, 1.165) is 25.6 Å². The molecule has 2 fully saturated rings. The largest absolute Gasteiger partial charge is 0.315 e. The topological polar surface area (TPSA) is 48.5 Å². The van der Waals surface area contributed by atoms with Gasteiger partial charge in [-0.1, -0.05) is 18.9 Å². The quantitative estimate of drug-likeness (QED) is 0.764. The zero-order valence-electron chi connectivity index (χ0n) is 15.8. The first-order valence-corrected chi connectivity index (χ1v) is 9.69. The van der Waals surface area contributed by atoms with Gasteiger partial charge in [-0.2, -0.15) is 0 Å². The second kappa shape index (κ2) is 11.3. The monoisotopic (exact) mass is 346 g/mol. The number of hydrogen-bond acceptors (Lipinski definition) is 5. The highest BCUT2D eigenvalue weighted by Crippen LogP contribution is 2.24. The van der Waals surface area contributed by atoms with Gasteiger partial charge in [-0.05, 0) is 31.4 Å². The molecular formula is C20H34N4O. The summed E-state index contributed by atoms with van der Waals surface area (Å²) in [5.74, 6) is 0. The van der Waals surface area contributed by atoms with Gasteiger partial charge >= 0.3 is 0 Å². The molecule has 0 aromatic carbocycles. The zero-order valence-corrected chi connectivity index (χ0v) is 15.8. The molecule has 1 aliphatic carbocycles. The molecular weight excluding hydrogens is 312 g/mol. The van der Waals surface area contributed by atoms with Gasteiger partial charge in [0.1, 0.15) is 6.79 Å².